The molecule has 11 heavy (non-hydrogen) atoms. The van der Waals surface area contributed by atoms with Gasteiger partial charge in [0.2, 0.25) is 0 Å². The van der Waals surface area contributed by atoms with E-state index in [9.17, 15) is 4.79 Å². The molecule has 0 fully saturated rings. The van der Waals surface area contributed by atoms with Crippen LogP contribution in [0, 0.1) is 0 Å². The van der Waals surface area contributed by atoms with Crippen LogP contribution in [0.2, 0.25) is 0 Å². The molecule has 0 amide bonds. The molecule has 0 spiro atoms. The SMILES string of the molecule is N/C(=C/C=O)c1ccncc1. The number of allylic oxidation sites excluding steroid dienone is 1. The van der Waals surface area contributed by atoms with Gasteiger partial charge in [-0.15, -0.1) is 0 Å². The zero-order valence-electron chi connectivity index (χ0n) is 5.90. The smallest absolute Gasteiger partial charge is 0.144 e. The highest BCUT2D eigenvalue weighted by atomic mass is 16.1. The van der Waals surface area contributed by atoms with Gasteiger partial charge in [-0.1, -0.05) is 0 Å². The summed E-state index contributed by atoms with van der Waals surface area (Å²) in [5.41, 5.74) is 6.78. The summed E-state index contributed by atoms with van der Waals surface area (Å²) in [7, 11) is 0. The molecule has 1 rings (SSSR count). The Kier molecular flexibility index (Phi) is 2.38. The fraction of sp³-hybridized carbons (Fsp3) is 0. The predicted molar refractivity (Wildman–Crippen MR) is 42.5 cm³/mol. The number of hydrogen-bond donors (Lipinski definition) is 1. The van der Waals surface area contributed by atoms with E-state index >= 15 is 0 Å². The summed E-state index contributed by atoms with van der Waals surface area (Å²) in [5, 5.41) is 0. The maximum atomic E-state index is 10.0. The summed E-state index contributed by atoms with van der Waals surface area (Å²) in [4.78, 5) is 13.8. The van der Waals surface area contributed by atoms with E-state index in [1.807, 2.05) is 0 Å². The van der Waals surface area contributed by atoms with Crippen LogP contribution in [0.4, 0.5) is 0 Å². The van der Waals surface area contributed by atoms with Crippen LogP contribution in [0.5, 0.6) is 0 Å². The molecule has 0 saturated heterocycles. The minimum absolute atomic E-state index is 0.461. The molecule has 1 aromatic rings. The highest BCUT2D eigenvalue weighted by Gasteiger charge is 1.91. The normalized spacial score (nSPS) is 11.1. The van der Waals surface area contributed by atoms with E-state index in [0.29, 0.717) is 12.0 Å². The molecule has 56 valence electrons. The summed E-state index contributed by atoms with van der Waals surface area (Å²) in [5.74, 6) is 0. The molecule has 2 N–H and O–H groups in total. The number of nitrogens with zero attached hydrogens (tertiary/aromatic N) is 1. The summed E-state index contributed by atoms with van der Waals surface area (Å²) in [6.45, 7) is 0. The van der Waals surface area contributed by atoms with Gasteiger partial charge in [0.25, 0.3) is 0 Å². The van der Waals surface area contributed by atoms with E-state index in [2.05, 4.69) is 4.98 Å². The van der Waals surface area contributed by atoms with Crippen LogP contribution >= 0.6 is 0 Å². The Bertz CT molecular complexity index is 267. The highest BCUT2D eigenvalue weighted by molar-refractivity contribution is 5.79. The second-order valence-electron chi connectivity index (χ2n) is 1.99. The molecule has 0 aliphatic carbocycles. The molecule has 0 bridgehead atoms. The van der Waals surface area contributed by atoms with Gasteiger partial charge in [0.05, 0.1) is 0 Å². The first-order valence-electron chi connectivity index (χ1n) is 3.16. The quantitative estimate of drug-likeness (QED) is 0.493. The zero-order chi connectivity index (χ0) is 8.10. The van der Waals surface area contributed by atoms with Crippen LogP contribution in [0.3, 0.4) is 0 Å². The van der Waals surface area contributed by atoms with E-state index in [0.717, 1.165) is 5.56 Å². The molecule has 0 aliphatic rings. The summed E-state index contributed by atoms with van der Waals surface area (Å²) >= 11 is 0. The molecule has 0 aromatic carbocycles. The lowest BCUT2D eigenvalue weighted by Crippen LogP contribution is -1.95. The summed E-state index contributed by atoms with van der Waals surface area (Å²) < 4.78 is 0. The van der Waals surface area contributed by atoms with E-state index in [1.165, 1.54) is 6.08 Å². The van der Waals surface area contributed by atoms with Gasteiger partial charge in [-0.25, -0.2) is 0 Å². The summed E-state index contributed by atoms with van der Waals surface area (Å²) in [6, 6.07) is 3.49. The third-order valence-corrected chi connectivity index (χ3v) is 1.26. The van der Waals surface area contributed by atoms with Crippen molar-refractivity contribution in [2.24, 2.45) is 5.73 Å². The highest BCUT2D eigenvalue weighted by Crippen LogP contribution is 2.04. The lowest BCUT2D eigenvalue weighted by Gasteiger charge is -1.96. The number of hydrogen-bond acceptors (Lipinski definition) is 3. The van der Waals surface area contributed by atoms with Crippen molar-refractivity contribution in [1.82, 2.24) is 4.98 Å². The number of carbonyl (C=O) groups excluding carboxylic acids is 1. The first-order valence-corrected chi connectivity index (χ1v) is 3.16. The van der Waals surface area contributed by atoms with Crippen molar-refractivity contribution in [3.8, 4) is 0 Å². The molecule has 0 unspecified atom stereocenters. The largest absolute Gasteiger partial charge is 0.398 e. The van der Waals surface area contributed by atoms with Crippen LogP contribution in [-0.2, 0) is 4.79 Å². The Morgan fingerprint density at radius 2 is 2.09 bits per heavy atom. The predicted octanol–water partition coefficient (Wildman–Crippen LogP) is 0.580. The van der Waals surface area contributed by atoms with Crippen LogP contribution in [0.25, 0.3) is 5.70 Å². The molecular formula is C8H8N2O. The minimum Gasteiger partial charge on any atom is -0.398 e. The van der Waals surface area contributed by atoms with E-state index in [4.69, 9.17) is 5.73 Å². The van der Waals surface area contributed by atoms with E-state index < -0.39 is 0 Å². The van der Waals surface area contributed by atoms with Crippen LogP contribution in [0.15, 0.2) is 30.6 Å². The maximum absolute atomic E-state index is 10.0. The van der Waals surface area contributed by atoms with E-state index in [1.54, 1.807) is 24.5 Å². The number of aromatic nitrogens is 1. The first-order chi connectivity index (χ1) is 5.34. The van der Waals surface area contributed by atoms with Crippen molar-refractivity contribution in [2.75, 3.05) is 0 Å². The monoisotopic (exact) mass is 148 g/mol. The minimum atomic E-state index is 0.461. The van der Waals surface area contributed by atoms with Crippen LogP contribution in [0.1, 0.15) is 5.56 Å². The number of carbonyl (C=O) groups is 1. The molecule has 3 heteroatoms. The molecular weight excluding hydrogens is 140 g/mol. The van der Waals surface area contributed by atoms with Gasteiger partial charge >= 0.3 is 0 Å². The number of aldehydes is 1. The van der Waals surface area contributed by atoms with Gasteiger partial charge in [-0.05, 0) is 12.1 Å². The fourth-order valence-electron chi connectivity index (χ4n) is 0.714. The number of rotatable bonds is 2. The van der Waals surface area contributed by atoms with Gasteiger partial charge in [0.1, 0.15) is 6.29 Å². The van der Waals surface area contributed by atoms with E-state index in [-0.39, 0.29) is 0 Å². The Hall–Kier alpha value is -1.64. The third-order valence-electron chi connectivity index (χ3n) is 1.26. The van der Waals surface area contributed by atoms with Crippen molar-refractivity contribution in [3.63, 3.8) is 0 Å². The average molecular weight is 148 g/mol. The summed E-state index contributed by atoms with van der Waals surface area (Å²) in [6.07, 6.45) is 5.23. The van der Waals surface area contributed by atoms with Gasteiger partial charge in [0, 0.05) is 29.7 Å². The Balaban J connectivity index is 2.94. The van der Waals surface area contributed by atoms with Gasteiger partial charge in [0.15, 0.2) is 0 Å². The molecule has 1 heterocycles. The van der Waals surface area contributed by atoms with Gasteiger partial charge in [-0.3, -0.25) is 9.78 Å². The maximum Gasteiger partial charge on any atom is 0.144 e. The van der Waals surface area contributed by atoms with Crippen molar-refractivity contribution < 1.29 is 4.79 Å². The molecule has 0 saturated carbocycles. The molecule has 0 atom stereocenters. The molecule has 0 radical (unpaired) electrons. The van der Waals surface area contributed by atoms with Gasteiger partial charge in [-0.2, -0.15) is 0 Å². The fourth-order valence-corrected chi connectivity index (χ4v) is 0.714. The second-order valence-corrected chi connectivity index (χ2v) is 1.99. The molecule has 1 aromatic heterocycles. The van der Waals surface area contributed by atoms with Crippen molar-refractivity contribution >= 4 is 12.0 Å². The van der Waals surface area contributed by atoms with Gasteiger partial charge < -0.3 is 5.73 Å². The lowest BCUT2D eigenvalue weighted by molar-refractivity contribution is -0.104. The van der Waals surface area contributed by atoms with Crippen molar-refractivity contribution in [2.45, 2.75) is 0 Å². The standard InChI is InChI=1S/C8H8N2O/c9-8(3-6-11)7-1-4-10-5-2-7/h1-6H,9H2/b8-3+. The number of nitrogens with two attached hydrogens (primary N) is 1. The third kappa shape index (κ3) is 1.89. The second kappa shape index (κ2) is 3.51. The van der Waals surface area contributed by atoms with Crippen LogP contribution in [-0.4, -0.2) is 11.3 Å². The topological polar surface area (TPSA) is 56.0 Å². The molecule has 3 nitrogen and oxygen atoms in total. The van der Waals surface area contributed by atoms with Crippen LogP contribution < -0.4 is 5.73 Å². The Labute approximate surface area is 64.6 Å². The lowest BCUT2D eigenvalue weighted by atomic mass is 10.2. The van der Waals surface area contributed by atoms with Crippen molar-refractivity contribution in [1.29, 1.82) is 0 Å². The zero-order valence-corrected chi connectivity index (χ0v) is 5.90. The first kappa shape index (κ1) is 7.47. The number of pyridine rings is 1. The Morgan fingerprint density at radius 3 is 2.64 bits per heavy atom. The molecule has 0 aliphatic heterocycles. The average Bonchev–Trinajstić information content (AvgIpc) is 2.07. The van der Waals surface area contributed by atoms with Crippen molar-refractivity contribution in [3.05, 3.63) is 36.2 Å². The Morgan fingerprint density at radius 1 is 1.45 bits per heavy atom.